The van der Waals surface area contributed by atoms with Crippen LogP contribution < -0.4 is 4.74 Å². The number of nitrogens with one attached hydrogen (secondary N) is 1. The predicted molar refractivity (Wildman–Crippen MR) is 122 cm³/mol. The average Bonchev–Trinajstić information content (AvgIpc) is 3.23. The summed E-state index contributed by atoms with van der Waals surface area (Å²) in [5.41, 5.74) is 1.97. The third kappa shape index (κ3) is 5.54. The molecule has 0 fully saturated rings. The number of alkyl halides is 3. The first-order valence-electron chi connectivity index (χ1n) is 9.18. The Bertz CT molecular complexity index is 1120. The maximum atomic E-state index is 13.1. The van der Waals surface area contributed by atoms with E-state index in [9.17, 15) is 13.2 Å². The fraction of sp³-hybridized carbons (Fsp3) is 0.227. The van der Waals surface area contributed by atoms with Gasteiger partial charge in [-0.2, -0.15) is 13.2 Å². The normalized spacial score (nSPS) is 12.1. The third-order valence-corrected chi connectivity index (χ3v) is 6.26. The summed E-state index contributed by atoms with van der Waals surface area (Å²) in [5.74, 6) is 0.447. The average molecular weight is 464 g/mol. The van der Waals surface area contributed by atoms with Gasteiger partial charge >= 0.3 is 6.18 Å². The third-order valence-electron chi connectivity index (χ3n) is 4.47. The molecule has 9 heteroatoms. The number of nitrogens with zero attached hydrogens (tertiary/aromatic N) is 2. The first-order valence-corrected chi connectivity index (χ1v) is 11.3. The van der Waals surface area contributed by atoms with Gasteiger partial charge in [0.1, 0.15) is 17.1 Å². The van der Waals surface area contributed by atoms with E-state index in [4.69, 9.17) is 10.1 Å². The highest BCUT2D eigenvalue weighted by molar-refractivity contribution is 7.98. The van der Waals surface area contributed by atoms with E-state index in [1.165, 1.54) is 18.4 Å². The highest BCUT2D eigenvalue weighted by atomic mass is 32.2. The molecule has 0 amide bonds. The Labute approximate surface area is 186 Å². The minimum Gasteiger partial charge on any atom is -0.494 e. The van der Waals surface area contributed by atoms with Crippen molar-refractivity contribution in [2.75, 3.05) is 13.4 Å². The first kappa shape index (κ1) is 23.0. The van der Waals surface area contributed by atoms with Crippen LogP contribution in [-0.2, 0) is 0 Å². The van der Waals surface area contributed by atoms with Gasteiger partial charge in [-0.3, -0.25) is 0 Å². The second-order valence-electron chi connectivity index (χ2n) is 6.63. The highest BCUT2D eigenvalue weighted by Crippen LogP contribution is 2.33. The van der Waals surface area contributed by atoms with Crippen LogP contribution in [0.15, 0.2) is 58.0 Å². The lowest BCUT2D eigenvalue weighted by atomic mass is 10.1. The molecule has 0 unspecified atom stereocenters. The Morgan fingerprint density at radius 1 is 1.23 bits per heavy atom. The number of hydrogen-bond donors (Lipinski definition) is 1. The molecule has 0 saturated heterocycles. The summed E-state index contributed by atoms with van der Waals surface area (Å²) < 4.78 is 44.5. The number of hydrogen-bond acceptors (Lipinski definition) is 6. The van der Waals surface area contributed by atoms with E-state index < -0.39 is 18.3 Å². The maximum absolute atomic E-state index is 13.1. The number of para-hydroxylation sites is 2. The number of aromatic nitrogens is 1. The molecule has 4 nitrogen and oxygen atoms in total. The molecule has 1 N–H and O–H groups in total. The number of benzene rings is 1. The quantitative estimate of drug-likeness (QED) is 0.305. The van der Waals surface area contributed by atoms with E-state index in [0.29, 0.717) is 16.3 Å². The molecule has 2 aromatic heterocycles. The number of halogens is 3. The number of aliphatic imine (C=N–C) groups is 1. The molecular weight excluding hydrogens is 443 g/mol. The molecule has 31 heavy (non-hydrogen) atoms. The zero-order valence-corrected chi connectivity index (χ0v) is 18.7. The van der Waals surface area contributed by atoms with Crippen molar-refractivity contribution in [1.82, 2.24) is 4.98 Å². The minimum absolute atomic E-state index is 0.161. The van der Waals surface area contributed by atoms with Gasteiger partial charge in [0, 0.05) is 23.1 Å². The molecule has 0 spiro atoms. The Morgan fingerprint density at radius 3 is 2.61 bits per heavy atom. The lowest BCUT2D eigenvalue weighted by Gasteiger charge is -2.11. The topological polar surface area (TPSA) is 58.3 Å². The van der Waals surface area contributed by atoms with Crippen LogP contribution in [0.3, 0.4) is 0 Å². The molecule has 162 valence electrons. The van der Waals surface area contributed by atoms with Gasteiger partial charge in [-0.25, -0.2) is 9.98 Å². The highest BCUT2D eigenvalue weighted by Gasteiger charge is 2.35. The Morgan fingerprint density at radius 2 is 1.97 bits per heavy atom. The number of ether oxygens (including phenoxy) is 1. The molecule has 0 bridgehead atoms. The molecule has 0 aliphatic heterocycles. The fourth-order valence-electron chi connectivity index (χ4n) is 2.89. The van der Waals surface area contributed by atoms with E-state index in [2.05, 4.69) is 9.98 Å². The monoisotopic (exact) mass is 463 g/mol. The van der Waals surface area contributed by atoms with Gasteiger partial charge in [-0.15, -0.1) is 23.1 Å². The van der Waals surface area contributed by atoms with Crippen molar-refractivity contribution in [1.29, 1.82) is 5.41 Å². The van der Waals surface area contributed by atoms with Crippen molar-refractivity contribution in [3.8, 4) is 16.9 Å². The molecule has 2 heterocycles. The summed E-state index contributed by atoms with van der Waals surface area (Å²) in [6.45, 7) is 1.97. The Hall–Kier alpha value is -2.65. The van der Waals surface area contributed by atoms with E-state index in [1.807, 2.05) is 24.6 Å². The van der Waals surface area contributed by atoms with Crippen LogP contribution in [0, 0.1) is 12.3 Å². The molecular formula is C22H20F3N3OS2. The zero-order chi connectivity index (χ0) is 22.6. The van der Waals surface area contributed by atoms with Crippen molar-refractivity contribution < 1.29 is 17.9 Å². The van der Waals surface area contributed by atoms with Gasteiger partial charge in [-0.05, 0) is 54.0 Å². The second kappa shape index (κ2) is 9.65. The van der Waals surface area contributed by atoms with E-state index in [0.717, 1.165) is 21.7 Å². The van der Waals surface area contributed by atoms with Crippen LogP contribution in [0.4, 0.5) is 18.9 Å². The summed E-state index contributed by atoms with van der Waals surface area (Å²) >= 11 is 2.84. The fourth-order valence-corrected chi connectivity index (χ4v) is 4.34. The Balaban J connectivity index is 2.03. The SMILES string of the molecule is COc1ccccc1N=C(CC(=N)C(F)(F)F)c1cc(-c2cnc(SC)c(C)c2)cs1. The number of thioether (sulfide) groups is 1. The molecule has 0 aliphatic carbocycles. The van der Waals surface area contributed by atoms with Gasteiger partial charge in [0.05, 0.1) is 17.8 Å². The number of thiophene rings is 1. The van der Waals surface area contributed by atoms with Gasteiger partial charge in [0.15, 0.2) is 0 Å². The lowest BCUT2D eigenvalue weighted by Crippen LogP contribution is -2.24. The van der Waals surface area contributed by atoms with Crippen molar-refractivity contribution in [3.63, 3.8) is 0 Å². The van der Waals surface area contributed by atoms with Crippen LogP contribution in [0.1, 0.15) is 16.9 Å². The molecule has 0 saturated carbocycles. The van der Waals surface area contributed by atoms with Crippen LogP contribution >= 0.6 is 23.1 Å². The maximum Gasteiger partial charge on any atom is 0.429 e. The summed E-state index contributed by atoms with van der Waals surface area (Å²) in [7, 11) is 1.47. The molecule has 3 rings (SSSR count). The van der Waals surface area contributed by atoms with Gasteiger partial charge in [0.25, 0.3) is 0 Å². The second-order valence-corrected chi connectivity index (χ2v) is 8.34. The van der Waals surface area contributed by atoms with Gasteiger partial charge in [0.2, 0.25) is 0 Å². The summed E-state index contributed by atoms with van der Waals surface area (Å²) in [4.78, 5) is 9.44. The summed E-state index contributed by atoms with van der Waals surface area (Å²) in [6, 6.07) is 10.6. The standard InChI is InChI=1S/C22H20F3N3OS2/c1-13-8-14(11-27-21(13)30-3)15-9-19(31-12-15)17(10-20(26)22(23,24)25)28-16-6-4-5-7-18(16)29-2/h4-9,11-12,26H,10H2,1-3H3. The zero-order valence-electron chi connectivity index (χ0n) is 17.1. The van der Waals surface area contributed by atoms with Crippen molar-refractivity contribution >= 4 is 40.2 Å². The van der Waals surface area contributed by atoms with E-state index in [1.54, 1.807) is 48.3 Å². The number of aryl methyl sites for hydroxylation is 1. The van der Waals surface area contributed by atoms with Crippen LogP contribution in [0.25, 0.3) is 11.1 Å². The summed E-state index contributed by atoms with van der Waals surface area (Å²) in [6.07, 6.45) is -1.64. The molecule has 0 atom stereocenters. The number of methoxy groups -OCH3 is 1. The largest absolute Gasteiger partial charge is 0.494 e. The van der Waals surface area contributed by atoms with Crippen LogP contribution in [0.2, 0.25) is 0 Å². The minimum atomic E-state index is -4.71. The molecule has 1 aromatic carbocycles. The first-order chi connectivity index (χ1) is 14.7. The van der Waals surface area contributed by atoms with Crippen LogP contribution in [0.5, 0.6) is 5.75 Å². The van der Waals surface area contributed by atoms with Crippen molar-refractivity contribution in [3.05, 3.63) is 58.4 Å². The van der Waals surface area contributed by atoms with Crippen LogP contribution in [-0.4, -0.2) is 35.9 Å². The predicted octanol–water partition coefficient (Wildman–Crippen LogP) is 6.94. The van der Waals surface area contributed by atoms with E-state index in [-0.39, 0.29) is 5.71 Å². The number of rotatable bonds is 7. The molecule has 0 aliphatic rings. The molecule has 3 aromatic rings. The van der Waals surface area contributed by atoms with Gasteiger partial charge in [-0.1, -0.05) is 12.1 Å². The van der Waals surface area contributed by atoms with Crippen molar-refractivity contribution in [2.24, 2.45) is 4.99 Å². The molecule has 0 radical (unpaired) electrons. The smallest absolute Gasteiger partial charge is 0.429 e. The van der Waals surface area contributed by atoms with Gasteiger partial charge < -0.3 is 10.1 Å². The lowest BCUT2D eigenvalue weighted by molar-refractivity contribution is -0.0605. The summed E-state index contributed by atoms with van der Waals surface area (Å²) in [5, 5.41) is 10.3. The van der Waals surface area contributed by atoms with E-state index >= 15 is 0 Å². The van der Waals surface area contributed by atoms with Crippen molar-refractivity contribution in [2.45, 2.75) is 24.5 Å². The number of pyridine rings is 1. The Kier molecular flexibility index (Phi) is 7.17.